The number of pyridine rings is 1. The summed E-state index contributed by atoms with van der Waals surface area (Å²) in [6.45, 7) is 5.84. The zero-order chi connectivity index (χ0) is 13.7. The fourth-order valence-electron chi connectivity index (χ4n) is 2.21. The van der Waals surface area contributed by atoms with E-state index < -0.39 is 0 Å². The molecule has 0 saturated carbocycles. The van der Waals surface area contributed by atoms with Gasteiger partial charge in [0.25, 0.3) is 0 Å². The third-order valence-corrected chi connectivity index (χ3v) is 3.09. The predicted molar refractivity (Wildman–Crippen MR) is 74.2 cm³/mol. The number of aromatic nitrogens is 3. The summed E-state index contributed by atoms with van der Waals surface area (Å²) < 4.78 is 7.40. The second-order valence-electron chi connectivity index (χ2n) is 4.19. The van der Waals surface area contributed by atoms with Gasteiger partial charge in [0.2, 0.25) is 0 Å². The van der Waals surface area contributed by atoms with Crippen molar-refractivity contribution in [2.75, 3.05) is 13.7 Å². The number of hydrogen-bond donors (Lipinski definition) is 1. The first-order valence-electron chi connectivity index (χ1n) is 6.54. The van der Waals surface area contributed by atoms with Crippen LogP contribution in [-0.4, -0.2) is 28.4 Å². The lowest BCUT2D eigenvalue weighted by molar-refractivity contribution is 0.399. The minimum atomic E-state index is 0.0606. The molecule has 0 aliphatic carbocycles. The van der Waals surface area contributed by atoms with Gasteiger partial charge in [-0.05, 0) is 31.2 Å². The highest BCUT2D eigenvalue weighted by Gasteiger charge is 2.22. The largest absolute Gasteiger partial charge is 0.493 e. The molecular weight excluding hydrogens is 240 g/mol. The van der Waals surface area contributed by atoms with E-state index in [2.05, 4.69) is 29.2 Å². The van der Waals surface area contributed by atoms with Crippen LogP contribution in [0.1, 0.15) is 31.1 Å². The van der Waals surface area contributed by atoms with E-state index in [1.165, 1.54) is 0 Å². The molecule has 0 radical (unpaired) electrons. The van der Waals surface area contributed by atoms with Crippen molar-refractivity contribution >= 4 is 0 Å². The molecule has 1 atom stereocenters. The summed E-state index contributed by atoms with van der Waals surface area (Å²) >= 11 is 0. The van der Waals surface area contributed by atoms with Gasteiger partial charge in [0, 0.05) is 18.9 Å². The van der Waals surface area contributed by atoms with Crippen molar-refractivity contribution in [3.63, 3.8) is 0 Å². The van der Waals surface area contributed by atoms with Gasteiger partial charge in [-0.25, -0.2) is 0 Å². The first-order chi connectivity index (χ1) is 9.31. The summed E-state index contributed by atoms with van der Waals surface area (Å²) in [5.41, 5.74) is 2.21. The van der Waals surface area contributed by atoms with Crippen LogP contribution in [0.25, 0.3) is 0 Å². The second kappa shape index (κ2) is 6.33. The normalized spacial score (nSPS) is 12.4. The average molecular weight is 260 g/mol. The molecule has 5 heteroatoms. The monoisotopic (exact) mass is 260 g/mol. The van der Waals surface area contributed by atoms with Gasteiger partial charge >= 0.3 is 0 Å². The SMILES string of the molecule is CCNC(c1ccncc1)c1c(OC)cnn1CC. The van der Waals surface area contributed by atoms with Gasteiger partial charge in [0.05, 0.1) is 19.3 Å². The standard InChI is InChI=1S/C14H20N4O/c1-4-16-13(11-6-8-15-9-7-11)14-12(19-3)10-17-18(14)5-2/h6-10,13,16H,4-5H2,1-3H3. The predicted octanol–water partition coefficient (Wildman–Crippen LogP) is 2.01. The smallest absolute Gasteiger partial charge is 0.161 e. The van der Waals surface area contributed by atoms with Crippen molar-refractivity contribution in [1.29, 1.82) is 0 Å². The van der Waals surface area contributed by atoms with Crippen molar-refractivity contribution in [1.82, 2.24) is 20.1 Å². The van der Waals surface area contributed by atoms with E-state index in [4.69, 9.17) is 4.74 Å². The number of methoxy groups -OCH3 is 1. The van der Waals surface area contributed by atoms with Gasteiger partial charge in [-0.15, -0.1) is 0 Å². The van der Waals surface area contributed by atoms with Crippen LogP contribution in [0.4, 0.5) is 0 Å². The first-order valence-corrected chi connectivity index (χ1v) is 6.54. The molecule has 2 rings (SSSR count). The molecule has 0 fully saturated rings. The Morgan fingerprint density at radius 3 is 2.63 bits per heavy atom. The van der Waals surface area contributed by atoms with Crippen LogP contribution in [0.2, 0.25) is 0 Å². The highest BCUT2D eigenvalue weighted by molar-refractivity contribution is 5.35. The summed E-state index contributed by atoms with van der Waals surface area (Å²) in [7, 11) is 1.68. The van der Waals surface area contributed by atoms with Crippen molar-refractivity contribution in [3.8, 4) is 5.75 Å². The molecule has 0 saturated heterocycles. The molecule has 1 unspecified atom stereocenters. The lowest BCUT2D eigenvalue weighted by Gasteiger charge is -2.20. The molecule has 0 amide bonds. The molecule has 0 aliphatic rings. The molecule has 5 nitrogen and oxygen atoms in total. The number of ether oxygens (including phenoxy) is 1. The first kappa shape index (κ1) is 13.5. The Balaban J connectivity index is 2.47. The zero-order valence-corrected chi connectivity index (χ0v) is 11.6. The number of aryl methyl sites for hydroxylation is 1. The van der Waals surface area contributed by atoms with E-state index >= 15 is 0 Å². The number of rotatable bonds is 6. The number of nitrogens with one attached hydrogen (secondary N) is 1. The molecule has 1 N–H and O–H groups in total. The maximum absolute atomic E-state index is 5.44. The van der Waals surface area contributed by atoms with Crippen LogP contribution in [0.3, 0.4) is 0 Å². The highest BCUT2D eigenvalue weighted by atomic mass is 16.5. The van der Waals surface area contributed by atoms with Crippen molar-refractivity contribution in [3.05, 3.63) is 42.0 Å². The molecule has 19 heavy (non-hydrogen) atoms. The Morgan fingerprint density at radius 2 is 2.05 bits per heavy atom. The molecule has 0 bridgehead atoms. The zero-order valence-electron chi connectivity index (χ0n) is 11.6. The minimum Gasteiger partial charge on any atom is -0.493 e. The lowest BCUT2D eigenvalue weighted by atomic mass is 10.0. The number of hydrogen-bond acceptors (Lipinski definition) is 4. The fraction of sp³-hybridized carbons (Fsp3) is 0.429. The van der Waals surface area contributed by atoms with Crippen molar-refractivity contribution in [2.24, 2.45) is 0 Å². The van der Waals surface area contributed by atoms with Gasteiger partial charge in [-0.2, -0.15) is 5.10 Å². The lowest BCUT2D eigenvalue weighted by Crippen LogP contribution is -2.25. The van der Waals surface area contributed by atoms with E-state index in [9.17, 15) is 0 Å². The molecule has 0 aromatic carbocycles. The Labute approximate surface area is 113 Å². The fourth-order valence-corrected chi connectivity index (χ4v) is 2.21. The van der Waals surface area contributed by atoms with Gasteiger partial charge < -0.3 is 10.1 Å². The van der Waals surface area contributed by atoms with Crippen LogP contribution in [0.15, 0.2) is 30.7 Å². The molecule has 0 spiro atoms. The Kier molecular flexibility index (Phi) is 4.52. The van der Waals surface area contributed by atoms with Crippen LogP contribution >= 0.6 is 0 Å². The maximum atomic E-state index is 5.44. The van der Waals surface area contributed by atoms with E-state index in [1.54, 1.807) is 25.7 Å². The van der Waals surface area contributed by atoms with Crippen LogP contribution < -0.4 is 10.1 Å². The third-order valence-electron chi connectivity index (χ3n) is 3.09. The maximum Gasteiger partial charge on any atom is 0.161 e. The van der Waals surface area contributed by atoms with Gasteiger partial charge in [0.15, 0.2) is 5.75 Å². The summed E-state index contributed by atoms with van der Waals surface area (Å²) in [5.74, 6) is 0.810. The van der Waals surface area contributed by atoms with E-state index in [1.807, 2.05) is 16.8 Å². The topological polar surface area (TPSA) is 52.0 Å². The summed E-state index contributed by atoms with van der Waals surface area (Å²) in [6.07, 6.45) is 5.38. The molecule has 2 aromatic heterocycles. The Bertz CT molecular complexity index is 488. The third kappa shape index (κ3) is 2.76. The van der Waals surface area contributed by atoms with E-state index in [0.717, 1.165) is 30.1 Å². The summed E-state index contributed by atoms with van der Waals surface area (Å²) in [6, 6.07) is 4.09. The molecule has 2 heterocycles. The average Bonchev–Trinajstić information content (AvgIpc) is 2.88. The summed E-state index contributed by atoms with van der Waals surface area (Å²) in [5, 5.41) is 7.85. The quantitative estimate of drug-likeness (QED) is 0.863. The van der Waals surface area contributed by atoms with Crippen LogP contribution in [-0.2, 0) is 6.54 Å². The molecule has 0 aliphatic heterocycles. The second-order valence-corrected chi connectivity index (χ2v) is 4.19. The van der Waals surface area contributed by atoms with Crippen molar-refractivity contribution < 1.29 is 4.74 Å². The van der Waals surface area contributed by atoms with E-state index in [-0.39, 0.29) is 6.04 Å². The van der Waals surface area contributed by atoms with Gasteiger partial charge in [-0.3, -0.25) is 9.67 Å². The van der Waals surface area contributed by atoms with Gasteiger partial charge in [0.1, 0.15) is 5.69 Å². The highest BCUT2D eigenvalue weighted by Crippen LogP contribution is 2.29. The van der Waals surface area contributed by atoms with Crippen LogP contribution in [0.5, 0.6) is 5.75 Å². The number of nitrogens with zero attached hydrogens (tertiary/aromatic N) is 3. The molecule has 2 aromatic rings. The Hall–Kier alpha value is -1.88. The Morgan fingerprint density at radius 1 is 1.32 bits per heavy atom. The molecular formula is C14H20N4O. The molecule has 102 valence electrons. The summed E-state index contributed by atoms with van der Waals surface area (Å²) in [4.78, 5) is 4.07. The van der Waals surface area contributed by atoms with Crippen molar-refractivity contribution in [2.45, 2.75) is 26.4 Å². The van der Waals surface area contributed by atoms with Crippen LogP contribution in [0, 0.1) is 0 Å². The van der Waals surface area contributed by atoms with E-state index in [0.29, 0.717) is 0 Å². The van der Waals surface area contributed by atoms with Gasteiger partial charge in [-0.1, -0.05) is 6.92 Å². The minimum absolute atomic E-state index is 0.0606.